The molecule has 2 heterocycles. The molecule has 0 bridgehead atoms. The molecule has 5 rings (SSSR count). The Hall–Kier alpha value is -4.84. The third-order valence-electron chi connectivity index (χ3n) is 5.50. The van der Waals surface area contributed by atoms with Crippen molar-refractivity contribution in [1.82, 2.24) is 25.6 Å². The Bertz CT molecular complexity index is 1470. The summed E-state index contributed by atoms with van der Waals surface area (Å²) in [5.41, 5.74) is 5.25. The van der Waals surface area contributed by atoms with Crippen LogP contribution in [0.4, 0.5) is 0 Å². The van der Waals surface area contributed by atoms with Gasteiger partial charge in [-0.1, -0.05) is 117 Å². The van der Waals surface area contributed by atoms with Crippen LogP contribution in [0.15, 0.2) is 110 Å². The standard InChI is InChI=1S/C26H21N5O.C5H8.C2H6/c1-2-7-22(17-26-28-30-31-29-26)20(5-1)12-9-19-10-15-24(16-11-19)32-18-23-14-13-21-6-3-4-8-25(21)27-23;1-3-5-4-2;1-2/h1-16H,17-18H2,(H,28,29,30,31);3-5H,1H2,2H3;1-2H3/b12-9+;5-4+;. The molecule has 6 heteroatoms. The monoisotopic (exact) mass is 517 g/mol. The van der Waals surface area contributed by atoms with Crippen LogP contribution in [0.2, 0.25) is 0 Å². The first-order chi connectivity index (χ1) is 19.2. The maximum atomic E-state index is 5.93. The molecule has 3 aromatic carbocycles. The summed E-state index contributed by atoms with van der Waals surface area (Å²) < 4.78 is 5.93. The molecule has 0 aliphatic heterocycles. The highest BCUT2D eigenvalue weighted by molar-refractivity contribution is 5.78. The minimum absolute atomic E-state index is 0.434. The Kier molecular flexibility index (Phi) is 11.9. The minimum Gasteiger partial charge on any atom is -0.487 e. The van der Waals surface area contributed by atoms with Gasteiger partial charge in [-0.2, -0.15) is 5.21 Å². The van der Waals surface area contributed by atoms with E-state index in [-0.39, 0.29) is 0 Å². The number of pyridine rings is 1. The predicted octanol–water partition coefficient (Wildman–Crippen LogP) is 7.86. The normalized spacial score (nSPS) is 10.5. The van der Waals surface area contributed by atoms with Crippen molar-refractivity contribution < 1.29 is 4.74 Å². The smallest absolute Gasteiger partial charge is 0.178 e. The molecule has 0 unspecified atom stereocenters. The first-order valence-electron chi connectivity index (χ1n) is 13.0. The molecule has 6 nitrogen and oxygen atoms in total. The average Bonchev–Trinajstić information content (AvgIpc) is 3.51. The van der Waals surface area contributed by atoms with E-state index in [1.165, 1.54) is 0 Å². The van der Waals surface area contributed by atoms with Crippen LogP contribution in [0.25, 0.3) is 23.1 Å². The molecule has 0 fully saturated rings. The van der Waals surface area contributed by atoms with Crippen molar-refractivity contribution in [2.24, 2.45) is 0 Å². The van der Waals surface area contributed by atoms with Gasteiger partial charge in [0, 0.05) is 11.8 Å². The third kappa shape index (κ3) is 9.20. The molecule has 0 amide bonds. The number of nitrogens with one attached hydrogen (secondary N) is 1. The Balaban J connectivity index is 0.000000542. The Morgan fingerprint density at radius 3 is 2.36 bits per heavy atom. The molecule has 0 radical (unpaired) electrons. The Morgan fingerprint density at radius 2 is 1.64 bits per heavy atom. The summed E-state index contributed by atoms with van der Waals surface area (Å²) in [5, 5.41) is 15.3. The van der Waals surface area contributed by atoms with Gasteiger partial charge in [0.05, 0.1) is 11.2 Å². The lowest BCUT2D eigenvalue weighted by Gasteiger charge is -2.07. The number of allylic oxidation sites excluding steroid dienone is 3. The number of benzene rings is 3. The van der Waals surface area contributed by atoms with E-state index >= 15 is 0 Å². The zero-order chi connectivity index (χ0) is 27.7. The molecule has 2 aromatic heterocycles. The van der Waals surface area contributed by atoms with Gasteiger partial charge in [0.25, 0.3) is 0 Å². The van der Waals surface area contributed by atoms with Gasteiger partial charge in [-0.15, -0.1) is 10.2 Å². The van der Waals surface area contributed by atoms with Gasteiger partial charge < -0.3 is 4.74 Å². The summed E-state index contributed by atoms with van der Waals surface area (Å²) in [6.07, 6.45) is 10.4. The van der Waals surface area contributed by atoms with E-state index in [1.807, 2.05) is 93.6 Å². The second-order valence-electron chi connectivity index (χ2n) is 8.15. The van der Waals surface area contributed by atoms with Crippen LogP contribution in [0.3, 0.4) is 0 Å². The number of nitrogens with zero attached hydrogens (tertiary/aromatic N) is 4. The molecule has 0 spiro atoms. The molecule has 39 heavy (non-hydrogen) atoms. The molecule has 0 saturated heterocycles. The highest BCUT2D eigenvalue weighted by Gasteiger charge is 2.04. The number of para-hydroxylation sites is 1. The molecule has 0 saturated carbocycles. The van der Waals surface area contributed by atoms with Gasteiger partial charge in [0.2, 0.25) is 0 Å². The van der Waals surface area contributed by atoms with Crippen LogP contribution in [-0.2, 0) is 13.0 Å². The Morgan fingerprint density at radius 1 is 0.872 bits per heavy atom. The molecule has 0 aliphatic carbocycles. The molecule has 0 aliphatic rings. The van der Waals surface area contributed by atoms with Crippen molar-refractivity contribution in [3.05, 3.63) is 138 Å². The number of hydrogen-bond acceptors (Lipinski definition) is 5. The highest BCUT2D eigenvalue weighted by atomic mass is 16.5. The maximum absolute atomic E-state index is 5.93. The summed E-state index contributed by atoms with van der Waals surface area (Å²) in [4.78, 5) is 4.65. The zero-order valence-corrected chi connectivity index (χ0v) is 22.8. The summed E-state index contributed by atoms with van der Waals surface area (Å²) >= 11 is 0. The number of hydrogen-bond donors (Lipinski definition) is 1. The van der Waals surface area contributed by atoms with Crippen LogP contribution in [-0.4, -0.2) is 25.6 Å². The van der Waals surface area contributed by atoms with Crippen molar-refractivity contribution in [2.45, 2.75) is 33.8 Å². The Labute approximate surface area is 230 Å². The lowest BCUT2D eigenvalue weighted by atomic mass is 10.0. The van der Waals surface area contributed by atoms with Gasteiger partial charge >= 0.3 is 0 Å². The van der Waals surface area contributed by atoms with Crippen molar-refractivity contribution in [2.75, 3.05) is 0 Å². The van der Waals surface area contributed by atoms with Gasteiger partial charge in [-0.25, -0.2) is 4.98 Å². The van der Waals surface area contributed by atoms with Crippen LogP contribution in [0, 0.1) is 0 Å². The van der Waals surface area contributed by atoms with Gasteiger partial charge in [-0.3, -0.25) is 0 Å². The highest BCUT2D eigenvalue weighted by Crippen LogP contribution is 2.19. The number of H-pyrrole nitrogens is 1. The van der Waals surface area contributed by atoms with E-state index in [1.54, 1.807) is 6.08 Å². The first kappa shape index (κ1) is 28.7. The van der Waals surface area contributed by atoms with Crippen LogP contribution in [0.5, 0.6) is 5.75 Å². The third-order valence-corrected chi connectivity index (χ3v) is 5.50. The number of fused-ring (bicyclic) bond motifs is 1. The maximum Gasteiger partial charge on any atom is 0.178 e. The van der Waals surface area contributed by atoms with E-state index < -0.39 is 0 Å². The lowest BCUT2D eigenvalue weighted by Crippen LogP contribution is -1.98. The summed E-state index contributed by atoms with van der Waals surface area (Å²) in [5.74, 6) is 1.49. The number of aromatic amines is 1. The van der Waals surface area contributed by atoms with E-state index in [2.05, 4.69) is 68.6 Å². The van der Waals surface area contributed by atoms with E-state index in [4.69, 9.17) is 4.74 Å². The number of aromatic nitrogens is 5. The van der Waals surface area contributed by atoms with E-state index in [0.29, 0.717) is 18.9 Å². The van der Waals surface area contributed by atoms with E-state index in [0.717, 1.165) is 39.0 Å². The van der Waals surface area contributed by atoms with Gasteiger partial charge in [0.1, 0.15) is 12.4 Å². The zero-order valence-electron chi connectivity index (χ0n) is 22.8. The predicted molar refractivity (Wildman–Crippen MR) is 161 cm³/mol. The number of rotatable bonds is 8. The number of tetrazole rings is 1. The second kappa shape index (κ2) is 16.1. The lowest BCUT2D eigenvalue weighted by molar-refractivity contribution is 0.302. The minimum atomic E-state index is 0.434. The molecular weight excluding hydrogens is 482 g/mol. The fourth-order valence-electron chi connectivity index (χ4n) is 3.63. The SMILES string of the molecule is C(=C\c1ccccc1Cc1nn[nH]n1)/c1ccc(OCc2ccc3ccccc3n2)cc1.C=C/C=C/C.CC. The molecule has 198 valence electrons. The second-order valence-corrected chi connectivity index (χ2v) is 8.15. The molecule has 5 aromatic rings. The van der Waals surface area contributed by atoms with Crippen molar-refractivity contribution >= 4 is 23.1 Å². The van der Waals surface area contributed by atoms with Crippen LogP contribution in [0.1, 0.15) is 49.0 Å². The average molecular weight is 518 g/mol. The van der Waals surface area contributed by atoms with Crippen LogP contribution < -0.4 is 4.74 Å². The van der Waals surface area contributed by atoms with Crippen molar-refractivity contribution in [3.8, 4) is 5.75 Å². The largest absolute Gasteiger partial charge is 0.487 e. The van der Waals surface area contributed by atoms with Crippen molar-refractivity contribution in [1.29, 1.82) is 0 Å². The summed E-state index contributed by atoms with van der Waals surface area (Å²) in [6.45, 7) is 9.86. The fourth-order valence-corrected chi connectivity index (χ4v) is 3.63. The summed E-state index contributed by atoms with van der Waals surface area (Å²) in [7, 11) is 0. The molecule has 1 N–H and O–H groups in total. The van der Waals surface area contributed by atoms with Gasteiger partial charge in [-0.05, 0) is 47.9 Å². The van der Waals surface area contributed by atoms with Gasteiger partial charge in [0.15, 0.2) is 5.82 Å². The van der Waals surface area contributed by atoms with E-state index in [9.17, 15) is 0 Å². The number of ether oxygens (including phenoxy) is 1. The summed E-state index contributed by atoms with van der Waals surface area (Å²) in [6, 6.07) is 28.4. The quantitative estimate of drug-likeness (QED) is 0.167. The molecule has 0 atom stereocenters. The first-order valence-corrected chi connectivity index (χ1v) is 13.0. The van der Waals surface area contributed by atoms with Crippen LogP contribution >= 0.6 is 0 Å². The van der Waals surface area contributed by atoms with Crippen molar-refractivity contribution in [3.63, 3.8) is 0 Å². The topological polar surface area (TPSA) is 76.6 Å². The molecular formula is C33H35N5O. The fraction of sp³-hybridized carbons (Fsp3) is 0.152.